The summed E-state index contributed by atoms with van der Waals surface area (Å²) in [5.41, 5.74) is 0.860. The van der Waals surface area contributed by atoms with Gasteiger partial charge in [-0.3, -0.25) is 4.79 Å². The molecule has 20 heavy (non-hydrogen) atoms. The maximum atomic E-state index is 12.0. The summed E-state index contributed by atoms with van der Waals surface area (Å²) in [6.07, 6.45) is 4.82. The largest absolute Gasteiger partial charge is 0.384 e. The second kappa shape index (κ2) is 9.11. The molecule has 1 rings (SSSR count). The maximum absolute atomic E-state index is 12.0. The van der Waals surface area contributed by atoms with Crippen LogP contribution >= 0.6 is 0 Å². The lowest BCUT2D eigenvalue weighted by atomic mass is 10.1. The summed E-state index contributed by atoms with van der Waals surface area (Å²) in [5, 5.41) is 11.6. The number of hydrogen-bond donors (Lipinski definition) is 2. The van der Waals surface area contributed by atoms with Crippen LogP contribution in [0.4, 0.5) is 0 Å². The van der Waals surface area contributed by atoms with Crippen LogP contribution in [0, 0.1) is 17.8 Å². The van der Waals surface area contributed by atoms with Crippen LogP contribution in [0.1, 0.15) is 49.2 Å². The highest BCUT2D eigenvalue weighted by Crippen LogP contribution is 2.06. The van der Waals surface area contributed by atoms with Crippen LogP contribution in [0.15, 0.2) is 18.3 Å². The van der Waals surface area contributed by atoms with Gasteiger partial charge in [0.25, 0.3) is 5.91 Å². The number of rotatable bonds is 6. The van der Waals surface area contributed by atoms with Crippen LogP contribution in [0.3, 0.4) is 0 Å². The molecule has 0 radical (unpaired) electrons. The molecule has 2 N–H and O–H groups in total. The van der Waals surface area contributed by atoms with Gasteiger partial charge in [-0.25, -0.2) is 4.98 Å². The van der Waals surface area contributed by atoms with Gasteiger partial charge in [0.05, 0.1) is 5.56 Å². The molecule has 4 nitrogen and oxygen atoms in total. The highest BCUT2D eigenvalue weighted by atomic mass is 16.2. The number of unbranched alkanes of at least 4 members (excludes halogenated alkanes) is 1. The quantitative estimate of drug-likeness (QED) is 0.616. The Bertz CT molecular complexity index is 487. The van der Waals surface area contributed by atoms with Gasteiger partial charge in [0.2, 0.25) is 0 Å². The molecule has 1 aromatic heterocycles. The van der Waals surface area contributed by atoms with E-state index >= 15 is 0 Å². The van der Waals surface area contributed by atoms with Crippen molar-refractivity contribution < 1.29 is 9.90 Å². The van der Waals surface area contributed by atoms with E-state index in [1.807, 2.05) is 0 Å². The summed E-state index contributed by atoms with van der Waals surface area (Å²) in [5.74, 6) is 5.76. The number of aliphatic hydroxyl groups is 1. The van der Waals surface area contributed by atoms with Crippen LogP contribution < -0.4 is 5.32 Å². The van der Waals surface area contributed by atoms with Crippen LogP contribution in [-0.4, -0.2) is 29.1 Å². The molecule has 108 valence electrons. The van der Waals surface area contributed by atoms with Gasteiger partial charge >= 0.3 is 0 Å². The second-order valence-corrected chi connectivity index (χ2v) is 5.00. The van der Waals surface area contributed by atoms with Gasteiger partial charge < -0.3 is 10.4 Å². The molecule has 1 aromatic rings. The average molecular weight is 274 g/mol. The zero-order valence-corrected chi connectivity index (χ0v) is 12.1. The highest BCUT2D eigenvalue weighted by Gasteiger charge is 2.10. The van der Waals surface area contributed by atoms with E-state index in [1.165, 1.54) is 6.42 Å². The van der Waals surface area contributed by atoms with Gasteiger partial charge in [0, 0.05) is 12.7 Å². The van der Waals surface area contributed by atoms with Crippen LogP contribution in [0.25, 0.3) is 0 Å². The Morgan fingerprint density at radius 2 is 2.25 bits per heavy atom. The summed E-state index contributed by atoms with van der Waals surface area (Å²) in [6.45, 7) is 4.80. The molecule has 0 bridgehead atoms. The number of hydrogen-bond acceptors (Lipinski definition) is 3. The molecule has 1 amide bonds. The minimum atomic E-state index is -0.231. The third-order valence-electron chi connectivity index (χ3n) is 2.82. The minimum Gasteiger partial charge on any atom is -0.384 e. The van der Waals surface area contributed by atoms with Crippen molar-refractivity contribution in [3.8, 4) is 11.8 Å². The van der Waals surface area contributed by atoms with E-state index in [-0.39, 0.29) is 12.5 Å². The topological polar surface area (TPSA) is 62.2 Å². The zero-order valence-electron chi connectivity index (χ0n) is 12.1. The zero-order chi connectivity index (χ0) is 14.8. The number of nitrogens with one attached hydrogen (secondary N) is 1. The molecule has 0 aliphatic heterocycles. The van der Waals surface area contributed by atoms with Gasteiger partial charge in [0.1, 0.15) is 12.3 Å². The van der Waals surface area contributed by atoms with Crippen molar-refractivity contribution in [2.45, 2.75) is 33.1 Å². The molecule has 0 saturated carbocycles. The lowest BCUT2D eigenvalue weighted by Crippen LogP contribution is -2.26. The molecule has 0 spiro atoms. The Morgan fingerprint density at radius 3 is 2.95 bits per heavy atom. The molecule has 0 unspecified atom stereocenters. The van der Waals surface area contributed by atoms with Crippen LogP contribution in [0.5, 0.6) is 0 Å². The molecule has 0 fully saturated rings. The number of aliphatic hydroxyl groups excluding tert-OH is 1. The summed E-state index contributed by atoms with van der Waals surface area (Å²) in [4.78, 5) is 16.1. The van der Waals surface area contributed by atoms with Gasteiger partial charge in [-0.1, -0.05) is 38.5 Å². The summed E-state index contributed by atoms with van der Waals surface area (Å²) in [7, 11) is 0. The Hall–Kier alpha value is -1.86. The van der Waals surface area contributed by atoms with E-state index in [9.17, 15) is 4.79 Å². The molecule has 0 saturated heterocycles. The van der Waals surface area contributed by atoms with Crippen LogP contribution in [0.2, 0.25) is 0 Å². The minimum absolute atomic E-state index is 0.211. The third-order valence-corrected chi connectivity index (χ3v) is 2.82. The standard InChI is InChI=1S/C16H22N2O2/c1-13(2)7-3-4-10-18-16(20)15-14(9-6-12-19)8-5-11-17-15/h5,8,11,13,19H,3-4,7,10,12H2,1-2H3,(H,18,20). The van der Waals surface area contributed by atoms with E-state index < -0.39 is 0 Å². The molecule has 4 heteroatoms. The lowest BCUT2D eigenvalue weighted by Gasteiger charge is -2.07. The monoisotopic (exact) mass is 274 g/mol. The fourth-order valence-corrected chi connectivity index (χ4v) is 1.79. The van der Waals surface area contributed by atoms with E-state index in [0.29, 0.717) is 23.7 Å². The Morgan fingerprint density at radius 1 is 1.45 bits per heavy atom. The molecular weight excluding hydrogens is 252 g/mol. The van der Waals surface area contributed by atoms with E-state index in [1.54, 1.807) is 18.3 Å². The van der Waals surface area contributed by atoms with Crippen molar-refractivity contribution in [2.75, 3.05) is 13.2 Å². The summed E-state index contributed by atoms with van der Waals surface area (Å²) >= 11 is 0. The first kappa shape index (κ1) is 16.2. The number of amides is 1. The molecule has 0 aromatic carbocycles. The molecule has 1 heterocycles. The number of carbonyl (C=O) groups is 1. The fourth-order valence-electron chi connectivity index (χ4n) is 1.79. The third kappa shape index (κ3) is 5.85. The van der Waals surface area contributed by atoms with Gasteiger partial charge in [-0.15, -0.1) is 0 Å². The summed E-state index contributed by atoms with van der Waals surface area (Å²) in [6, 6.07) is 3.45. The van der Waals surface area contributed by atoms with Crippen molar-refractivity contribution in [3.05, 3.63) is 29.6 Å². The lowest BCUT2D eigenvalue weighted by molar-refractivity contribution is 0.0947. The molecular formula is C16H22N2O2. The van der Waals surface area contributed by atoms with Gasteiger partial charge in [-0.05, 0) is 24.5 Å². The number of carbonyl (C=O) groups excluding carboxylic acids is 1. The van der Waals surface area contributed by atoms with E-state index in [2.05, 4.69) is 36.0 Å². The molecule has 0 aliphatic carbocycles. The van der Waals surface area contributed by atoms with Crippen molar-refractivity contribution in [3.63, 3.8) is 0 Å². The van der Waals surface area contributed by atoms with Gasteiger partial charge in [-0.2, -0.15) is 0 Å². The predicted octanol–water partition coefficient (Wildman–Crippen LogP) is 1.98. The first-order valence-electron chi connectivity index (χ1n) is 6.98. The highest BCUT2D eigenvalue weighted by molar-refractivity contribution is 5.94. The smallest absolute Gasteiger partial charge is 0.271 e. The first-order chi connectivity index (χ1) is 9.65. The maximum Gasteiger partial charge on any atom is 0.271 e. The van der Waals surface area contributed by atoms with E-state index in [4.69, 9.17) is 5.11 Å². The Labute approximate surface area is 120 Å². The number of nitrogens with zero attached hydrogens (tertiary/aromatic N) is 1. The first-order valence-corrected chi connectivity index (χ1v) is 6.98. The van der Waals surface area contributed by atoms with Crippen molar-refractivity contribution in [1.29, 1.82) is 0 Å². The van der Waals surface area contributed by atoms with Gasteiger partial charge in [0.15, 0.2) is 0 Å². The summed E-state index contributed by atoms with van der Waals surface area (Å²) < 4.78 is 0. The molecule has 0 atom stereocenters. The van der Waals surface area contributed by atoms with Crippen molar-refractivity contribution in [2.24, 2.45) is 5.92 Å². The normalized spacial score (nSPS) is 10.0. The molecule has 0 aliphatic rings. The second-order valence-electron chi connectivity index (χ2n) is 5.00. The Balaban J connectivity index is 2.51. The Kier molecular flexibility index (Phi) is 7.38. The van der Waals surface area contributed by atoms with E-state index in [0.717, 1.165) is 12.8 Å². The van der Waals surface area contributed by atoms with Crippen molar-refractivity contribution >= 4 is 5.91 Å². The average Bonchev–Trinajstić information content (AvgIpc) is 2.44. The van der Waals surface area contributed by atoms with Crippen molar-refractivity contribution in [1.82, 2.24) is 10.3 Å². The predicted molar refractivity (Wildman–Crippen MR) is 79.2 cm³/mol. The number of aromatic nitrogens is 1. The SMILES string of the molecule is CC(C)CCCCNC(=O)c1ncccc1C#CCO. The van der Waals surface area contributed by atoms with Crippen LogP contribution in [-0.2, 0) is 0 Å². The fraction of sp³-hybridized carbons (Fsp3) is 0.500. The number of pyridine rings is 1.